The molecule has 2 aromatic heterocycles. The van der Waals surface area contributed by atoms with Crippen molar-refractivity contribution >= 4 is 8.40 Å². The quantitative estimate of drug-likeness (QED) is 0.670. The van der Waals surface area contributed by atoms with Gasteiger partial charge in [0.15, 0.2) is 0 Å². The van der Waals surface area contributed by atoms with E-state index in [0.717, 1.165) is 0 Å². The molecule has 4 nitrogen and oxygen atoms in total. The Morgan fingerprint density at radius 2 is 1.38 bits per heavy atom. The molecular weight excluding hydrogens is 180 g/mol. The summed E-state index contributed by atoms with van der Waals surface area (Å²) in [5, 5.41) is 0. The highest BCUT2D eigenvalue weighted by Gasteiger charge is 2.25. The summed E-state index contributed by atoms with van der Waals surface area (Å²) in [6, 6.07) is 0. The van der Waals surface area contributed by atoms with E-state index in [4.69, 9.17) is 0 Å². The molecule has 0 fully saturated rings. The third-order valence-corrected chi connectivity index (χ3v) is 5.33. The number of hydrogen-bond donors (Lipinski definition) is 0. The summed E-state index contributed by atoms with van der Waals surface area (Å²) in [5.41, 5.74) is 0. The predicted octanol–water partition coefficient (Wildman–Crippen LogP) is 1.18. The van der Waals surface area contributed by atoms with Crippen LogP contribution in [0.4, 0.5) is 0 Å². The highest BCUT2D eigenvalue weighted by molar-refractivity contribution is 6.74. The SMILES string of the molecule is C[Si](C)(n1ccnc1)n1ccnc1. The molecule has 0 aliphatic rings. The van der Waals surface area contributed by atoms with Gasteiger partial charge in [0.2, 0.25) is 0 Å². The minimum absolute atomic E-state index is 1.64. The third-order valence-electron chi connectivity index (χ3n) is 2.27. The van der Waals surface area contributed by atoms with Crippen molar-refractivity contribution < 1.29 is 0 Å². The number of imidazole rings is 2. The van der Waals surface area contributed by atoms with Crippen molar-refractivity contribution in [2.75, 3.05) is 0 Å². The molecule has 0 bridgehead atoms. The fourth-order valence-electron chi connectivity index (χ4n) is 1.30. The van der Waals surface area contributed by atoms with Crippen molar-refractivity contribution in [3.63, 3.8) is 0 Å². The summed E-state index contributed by atoms with van der Waals surface area (Å²) in [6.45, 7) is 4.49. The average molecular weight is 192 g/mol. The molecule has 0 saturated heterocycles. The molecule has 0 aromatic carbocycles. The molecule has 2 rings (SSSR count). The van der Waals surface area contributed by atoms with Gasteiger partial charge in [0.1, 0.15) is 0 Å². The smallest absolute Gasteiger partial charge is 0.267 e. The maximum absolute atomic E-state index is 4.06. The minimum atomic E-state index is -1.64. The monoisotopic (exact) mass is 192 g/mol. The van der Waals surface area contributed by atoms with Crippen molar-refractivity contribution in [1.29, 1.82) is 0 Å². The first-order valence-corrected chi connectivity index (χ1v) is 7.07. The zero-order chi connectivity index (χ0) is 9.31. The lowest BCUT2D eigenvalue weighted by atomic mass is 11.0. The second-order valence-corrected chi connectivity index (χ2v) is 7.46. The molecule has 0 amide bonds. The van der Waals surface area contributed by atoms with Crippen LogP contribution < -0.4 is 0 Å². The van der Waals surface area contributed by atoms with Gasteiger partial charge >= 0.3 is 0 Å². The van der Waals surface area contributed by atoms with E-state index in [1.165, 1.54) is 0 Å². The molecule has 0 saturated carbocycles. The van der Waals surface area contributed by atoms with E-state index in [0.29, 0.717) is 0 Å². The molecule has 2 aromatic rings. The summed E-state index contributed by atoms with van der Waals surface area (Å²) in [7, 11) is -1.64. The first-order chi connectivity index (χ1) is 6.21. The summed E-state index contributed by atoms with van der Waals surface area (Å²) in [5.74, 6) is 0. The van der Waals surface area contributed by atoms with Crippen molar-refractivity contribution in [2.24, 2.45) is 0 Å². The fraction of sp³-hybridized carbons (Fsp3) is 0.250. The second-order valence-electron chi connectivity index (χ2n) is 3.43. The lowest BCUT2D eigenvalue weighted by Crippen LogP contribution is -2.43. The first-order valence-electron chi connectivity index (χ1n) is 4.18. The van der Waals surface area contributed by atoms with Crippen LogP contribution in [0.25, 0.3) is 0 Å². The van der Waals surface area contributed by atoms with Crippen LogP contribution in [0.3, 0.4) is 0 Å². The van der Waals surface area contributed by atoms with E-state index >= 15 is 0 Å². The van der Waals surface area contributed by atoms with Crippen LogP contribution in [-0.2, 0) is 0 Å². The molecule has 13 heavy (non-hydrogen) atoms. The van der Waals surface area contributed by atoms with Crippen LogP contribution >= 0.6 is 0 Å². The Bertz CT molecular complexity index is 327. The van der Waals surface area contributed by atoms with Crippen LogP contribution in [0.2, 0.25) is 13.1 Å². The number of rotatable bonds is 2. The first kappa shape index (κ1) is 8.24. The van der Waals surface area contributed by atoms with Gasteiger partial charge in [-0.2, -0.15) is 0 Å². The molecule has 0 spiro atoms. The lowest BCUT2D eigenvalue weighted by Gasteiger charge is -2.24. The summed E-state index contributed by atoms with van der Waals surface area (Å²) in [6.07, 6.45) is 11.4. The van der Waals surface area contributed by atoms with Crippen LogP contribution in [0.5, 0.6) is 0 Å². The number of aromatic nitrogens is 4. The summed E-state index contributed by atoms with van der Waals surface area (Å²) >= 11 is 0. The van der Waals surface area contributed by atoms with E-state index in [1.54, 1.807) is 0 Å². The summed E-state index contributed by atoms with van der Waals surface area (Å²) < 4.78 is 4.35. The van der Waals surface area contributed by atoms with Crippen molar-refractivity contribution in [1.82, 2.24) is 18.4 Å². The van der Waals surface area contributed by atoms with Gasteiger partial charge in [-0.15, -0.1) is 0 Å². The van der Waals surface area contributed by atoms with Gasteiger partial charge in [-0.3, -0.25) is 0 Å². The van der Waals surface area contributed by atoms with Crippen LogP contribution in [0, 0.1) is 0 Å². The Morgan fingerprint density at radius 1 is 0.923 bits per heavy atom. The van der Waals surface area contributed by atoms with Gasteiger partial charge in [0.25, 0.3) is 8.40 Å². The van der Waals surface area contributed by atoms with Crippen molar-refractivity contribution in [2.45, 2.75) is 13.1 Å². The molecule has 0 unspecified atom stereocenters. The molecule has 68 valence electrons. The topological polar surface area (TPSA) is 35.6 Å². The van der Waals surface area contributed by atoms with E-state index in [1.807, 2.05) is 37.4 Å². The highest BCUT2D eigenvalue weighted by atomic mass is 28.3. The van der Waals surface area contributed by atoms with Crippen LogP contribution in [-0.4, -0.2) is 26.8 Å². The molecule has 0 aliphatic carbocycles. The molecule has 0 atom stereocenters. The van der Waals surface area contributed by atoms with Gasteiger partial charge in [0.05, 0.1) is 12.7 Å². The van der Waals surface area contributed by atoms with E-state index < -0.39 is 8.40 Å². The van der Waals surface area contributed by atoms with Crippen LogP contribution in [0.1, 0.15) is 0 Å². The van der Waals surface area contributed by atoms with Gasteiger partial charge in [-0.05, 0) is 13.1 Å². The zero-order valence-corrected chi connectivity index (χ0v) is 8.75. The van der Waals surface area contributed by atoms with Gasteiger partial charge in [-0.1, -0.05) is 0 Å². The molecule has 2 heterocycles. The minimum Gasteiger partial charge on any atom is -0.346 e. The molecule has 0 aliphatic heterocycles. The Hall–Kier alpha value is -1.36. The van der Waals surface area contributed by atoms with Gasteiger partial charge < -0.3 is 8.47 Å². The van der Waals surface area contributed by atoms with Gasteiger partial charge in [-0.25, -0.2) is 9.97 Å². The Balaban J connectivity index is 2.42. The lowest BCUT2D eigenvalue weighted by molar-refractivity contribution is 0.993. The third kappa shape index (κ3) is 1.31. The highest BCUT2D eigenvalue weighted by Crippen LogP contribution is 2.08. The number of nitrogens with zero attached hydrogens (tertiary/aromatic N) is 4. The number of hydrogen-bond acceptors (Lipinski definition) is 2. The second kappa shape index (κ2) is 2.84. The Labute approximate surface area is 78.0 Å². The Morgan fingerprint density at radius 3 is 1.69 bits per heavy atom. The van der Waals surface area contributed by atoms with E-state index in [2.05, 4.69) is 31.5 Å². The largest absolute Gasteiger partial charge is 0.346 e. The van der Waals surface area contributed by atoms with Crippen LogP contribution in [0.15, 0.2) is 37.4 Å². The standard InChI is InChI=1S/C8H12N4Si/c1-13(2,11-5-3-9-7-11)12-6-4-10-8-12/h3-8H,1-2H3. The van der Waals surface area contributed by atoms with E-state index in [9.17, 15) is 0 Å². The van der Waals surface area contributed by atoms with E-state index in [-0.39, 0.29) is 0 Å². The molecule has 0 radical (unpaired) electrons. The molecule has 5 heteroatoms. The predicted molar refractivity (Wildman–Crippen MR) is 52.7 cm³/mol. The normalized spacial score (nSPS) is 11.8. The zero-order valence-electron chi connectivity index (χ0n) is 7.75. The summed E-state index contributed by atoms with van der Waals surface area (Å²) in [4.78, 5) is 8.12. The maximum atomic E-state index is 4.06. The fourth-order valence-corrected chi connectivity index (χ4v) is 3.13. The van der Waals surface area contributed by atoms with Crippen molar-refractivity contribution in [3.8, 4) is 0 Å². The van der Waals surface area contributed by atoms with Crippen molar-refractivity contribution in [3.05, 3.63) is 37.4 Å². The average Bonchev–Trinajstić information content (AvgIpc) is 2.78. The Kier molecular flexibility index (Phi) is 1.80. The van der Waals surface area contributed by atoms with Gasteiger partial charge in [0, 0.05) is 24.8 Å². The molecule has 0 N–H and O–H groups in total. The molecular formula is C8H12N4Si. The maximum Gasteiger partial charge on any atom is 0.267 e.